The van der Waals surface area contributed by atoms with Crippen molar-refractivity contribution in [3.63, 3.8) is 0 Å². The van der Waals surface area contributed by atoms with Gasteiger partial charge in [-0.25, -0.2) is 0 Å². The predicted octanol–water partition coefficient (Wildman–Crippen LogP) is -0.331. The summed E-state index contributed by atoms with van der Waals surface area (Å²) in [6.45, 7) is 4.21. The van der Waals surface area contributed by atoms with Crippen LogP contribution >= 0.6 is 0 Å². The molecule has 0 saturated carbocycles. The minimum atomic E-state index is 0.0144. The molecular formula is C20H40O8. The van der Waals surface area contributed by atoms with Crippen LogP contribution in [-0.2, 0) is 0 Å². The summed E-state index contributed by atoms with van der Waals surface area (Å²) >= 11 is 0. The standard InChI is InChI=1S/C6H12O2.2C5H10O2.C4H8O2/c1-6(2-4-7)3-5-8;1-5(4-7)2-3-6;6-4-2-1-3-5-7;5-3-1-2-4-6/h2,7-8H,3-5H2,1H3;2,6-7H,3-4H2,1H3;1-2,6-7H,3-5H2;1-2,5-6H,3-4H2. The molecule has 8 nitrogen and oxygen atoms in total. The lowest BCUT2D eigenvalue weighted by Crippen LogP contribution is -1.85. The number of aliphatic hydroxyl groups is 8. The van der Waals surface area contributed by atoms with Gasteiger partial charge in [0.15, 0.2) is 0 Å². The molecule has 0 bridgehead atoms. The normalized spacial score (nSPS) is 11.4. The maximum Gasteiger partial charge on any atom is 0.0639 e. The summed E-state index contributed by atoms with van der Waals surface area (Å²) in [5.74, 6) is 0. The average Bonchev–Trinajstić information content (AvgIpc) is 2.69. The van der Waals surface area contributed by atoms with Crippen molar-refractivity contribution in [3.8, 4) is 0 Å². The maximum absolute atomic E-state index is 8.34. The molecule has 0 spiro atoms. The Morgan fingerprint density at radius 1 is 0.536 bits per heavy atom. The van der Waals surface area contributed by atoms with E-state index in [1.54, 1.807) is 31.2 Å². The van der Waals surface area contributed by atoms with Crippen LogP contribution in [0.5, 0.6) is 0 Å². The summed E-state index contributed by atoms with van der Waals surface area (Å²) in [6.07, 6.45) is 10.9. The van der Waals surface area contributed by atoms with Crippen LogP contribution in [0.1, 0.15) is 26.7 Å². The molecule has 0 aromatic heterocycles. The Morgan fingerprint density at radius 3 is 1.25 bits per heavy atom. The van der Waals surface area contributed by atoms with Crippen molar-refractivity contribution in [1.29, 1.82) is 0 Å². The number of rotatable bonds is 10. The Morgan fingerprint density at radius 2 is 0.964 bits per heavy atom. The first kappa shape index (κ1) is 34.2. The molecule has 0 rings (SSSR count). The highest BCUT2D eigenvalue weighted by molar-refractivity contribution is 4.97. The Kier molecular flexibility index (Phi) is 44.6. The fraction of sp³-hybridized carbons (Fsp3) is 0.600. The lowest BCUT2D eigenvalue weighted by molar-refractivity contribution is 0.297. The minimum absolute atomic E-state index is 0.0144. The quantitative estimate of drug-likeness (QED) is 0.228. The summed E-state index contributed by atoms with van der Waals surface area (Å²) in [6, 6.07) is 0. The molecule has 0 amide bonds. The largest absolute Gasteiger partial charge is 0.396 e. The first-order valence-corrected chi connectivity index (χ1v) is 8.93. The molecular weight excluding hydrogens is 368 g/mol. The highest BCUT2D eigenvalue weighted by Gasteiger charge is 1.83. The average molecular weight is 409 g/mol. The molecule has 0 atom stereocenters. The van der Waals surface area contributed by atoms with Crippen molar-refractivity contribution in [2.45, 2.75) is 26.7 Å². The molecule has 8 N–H and O–H groups in total. The molecule has 0 aromatic carbocycles. The van der Waals surface area contributed by atoms with Gasteiger partial charge in [-0.15, -0.1) is 0 Å². The van der Waals surface area contributed by atoms with Gasteiger partial charge in [0, 0.05) is 13.2 Å². The zero-order valence-electron chi connectivity index (χ0n) is 17.1. The van der Waals surface area contributed by atoms with Crippen molar-refractivity contribution in [2.24, 2.45) is 0 Å². The Balaban J connectivity index is -0.000000138. The smallest absolute Gasteiger partial charge is 0.0639 e. The second-order valence-electron chi connectivity index (χ2n) is 5.10. The van der Waals surface area contributed by atoms with Gasteiger partial charge in [0.1, 0.15) is 0 Å². The van der Waals surface area contributed by atoms with E-state index < -0.39 is 0 Å². The van der Waals surface area contributed by atoms with Gasteiger partial charge in [-0.2, -0.15) is 0 Å². The van der Waals surface area contributed by atoms with Crippen LogP contribution in [0.15, 0.2) is 47.6 Å². The third-order valence-corrected chi connectivity index (χ3v) is 2.58. The molecule has 0 aliphatic heterocycles. The van der Waals surface area contributed by atoms with Gasteiger partial charge >= 0.3 is 0 Å². The number of hydrogen-bond donors (Lipinski definition) is 8. The van der Waals surface area contributed by atoms with E-state index in [1.807, 2.05) is 6.92 Å². The summed E-state index contributed by atoms with van der Waals surface area (Å²) in [7, 11) is 0. The molecule has 0 unspecified atom stereocenters. The number of hydrogen-bond acceptors (Lipinski definition) is 8. The van der Waals surface area contributed by atoms with Crippen molar-refractivity contribution >= 4 is 0 Å². The Hall–Kier alpha value is -1.36. The molecule has 0 aromatic rings. The molecule has 0 radical (unpaired) electrons. The molecule has 0 saturated heterocycles. The van der Waals surface area contributed by atoms with Gasteiger partial charge < -0.3 is 40.9 Å². The fourth-order valence-corrected chi connectivity index (χ4v) is 1.07. The summed E-state index contributed by atoms with van der Waals surface area (Å²) in [5.41, 5.74) is 1.84. The van der Waals surface area contributed by atoms with Gasteiger partial charge in [-0.05, 0) is 32.3 Å². The van der Waals surface area contributed by atoms with Crippen LogP contribution in [0.4, 0.5) is 0 Å². The van der Waals surface area contributed by atoms with E-state index in [-0.39, 0.29) is 52.9 Å². The summed E-state index contributed by atoms with van der Waals surface area (Å²) < 4.78 is 0. The second-order valence-corrected chi connectivity index (χ2v) is 5.10. The highest BCUT2D eigenvalue weighted by Crippen LogP contribution is 1.95. The summed E-state index contributed by atoms with van der Waals surface area (Å²) in [5, 5.41) is 65.4. The van der Waals surface area contributed by atoms with Gasteiger partial charge in [-0.1, -0.05) is 42.0 Å². The Labute approximate surface area is 168 Å². The highest BCUT2D eigenvalue weighted by atomic mass is 16.3. The van der Waals surface area contributed by atoms with Crippen LogP contribution in [0.3, 0.4) is 0 Å². The topological polar surface area (TPSA) is 162 Å². The van der Waals surface area contributed by atoms with Gasteiger partial charge in [-0.3, -0.25) is 0 Å². The van der Waals surface area contributed by atoms with Crippen molar-refractivity contribution in [2.75, 3.05) is 52.9 Å². The maximum atomic E-state index is 8.34. The van der Waals surface area contributed by atoms with Crippen LogP contribution in [0.25, 0.3) is 0 Å². The zero-order chi connectivity index (χ0) is 22.5. The zero-order valence-corrected chi connectivity index (χ0v) is 17.1. The van der Waals surface area contributed by atoms with E-state index in [2.05, 4.69) is 0 Å². The van der Waals surface area contributed by atoms with E-state index in [9.17, 15) is 0 Å². The van der Waals surface area contributed by atoms with Crippen LogP contribution in [0.2, 0.25) is 0 Å². The van der Waals surface area contributed by atoms with E-state index >= 15 is 0 Å². The van der Waals surface area contributed by atoms with E-state index in [4.69, 9.17) is 40.9 Å². The second kappa shape index (κ2) is 36.5. The lowest BCUT2D eigenvalue weighted by Gasteiger charge is -1.92. The molecule has 0 heterocycles. The van der Waals surface area contributed by atoms with Crippen LogP contribution in [0, 0.1) is 0 Å². The van der Waals surface area contributed by atoms with E-state index in [1.165, 1.54) is 12.2 Å². The monoisotopic (exact) mass is 408 g/mol. The van der Waals surface area contributed by atoms with Gasteiger partial charge in [0.05, 0.1) is 39.6 Å². The third-order valence-electron chi connectivity index (χ3n) is 2.58. The van der Waals surface area contributed by atoms with Gasteiger partial charge in [0.25, 0.3) is 0 Å². The van der Waals surface area contributed by atoms with E-state index in [0.29, 0.717) is 12.8 Å². The van der Waals surface area contributed by atoms with Gasteiger partial charge in [0.2, 0.25) is 0 Å². The van der Waals surface area contributed by atoms with Crippen molar-refractivity contribution in [1.82, 2.24) is 0 Å². The predicted molar refractivity (Wildman–Crippen MR) is 112 cm³/mol. The Bertz CT molecular complexity index is 370. The van der Waals surface area contributed by atoms with Crippen LogP contribution in [-0.4, -0.2) is 93.7 Å². The molecule has 0 aliphatic rings. The molecule has 28 heavy (non-hydrogen) atoms. The fourth-order valence-electron chi connectivity index (χ4n) is 1.07. The molecule has 8 heteroatoms. The van der Waals surface area contributed by atoms with E-state index in [0.717, 1.165) is 11.1 Å². The first-order valence-electron chi connectivity index (χ1n) is 8.93. The molecule has 0 aliphatic carbocycles. The van der Waals surface area contributed by atoms with Crippen LogP contribution < -0.4 is 0 Å². The lowest BCUT2D eigenvalue weighted by atomic mass is 10.2. The third kappa shape index (κ3) is 49.7. The van der Waals surface area contributed by atoms with Crippen molar-refractivity contribution < 1.29 is 40.9 Å². The molecule has 168 valence electrons. The SMILES string of the molecule is CC(=CCO)CCO.CC(=CCO)CO.OCC=CCCO.OCC=CCO. The first-order chi connectivity index (χ1) is 13.4. The minimum Gasteiger partial charge on any atom is -0.396 e. The molecule has 0 fully saturated rings. The summed E-state index contributed by atoms with van der Waals surface area (Å²) in [4.78, 5) is 0. The van der Waals surface area contributed by atoms with Crippen molar-refractivity contribution in [3.05, 3.63) is 47.6 Å². The number of aliphatic hydroxyl groups excluding tert-OH is 8.